The van der Waals surface area contributed by atoms with Gasteiger partial charge in [0.15, 0.2) is 0 Å². The van der Waals surface area contributed by atoms with Crippen LogP contribution in [0.15, 0.2) is 70.7 Å². The molecule has 1 heterocycles. The van der Waals surface area contributed by atoms with E-state index in [1.54, 1.807) is 24.3 Å². The average Bonchev–Trinajstić information content (AvgIpc) is 2.76. The number of benzene rings is 3. The number of amides is 4. The third kappa shape index (κ3) is 4.77. The second-order valence-electron chi connectivity index (χ2n) is 7.85. The van der Waals surface area contributed by atoms with Crippen molar-refractivity contribution < 1.29 is 14.4 Å². The molecule has 1 N–H and O–H groups in total. The highest BCUT2D eigenvalue weighted by atomic mass is 79.9. The molecule has 1 saturated heterocycles. The summed E-state index contributed by atoms with van der Waals surface area (Å²) < 4.78 is 0.993. The van der Waals surface area contributed by atoms with Crippen LogP contribution in [-0.4, -0.2) is 17.8 Å². The molecule has 0 bridgehead atoms. The van der Waals surface area contributed by atoms with Crippen molar-refractivity contribution >= 4 is 57.1 Å². The van der Waals surface area contributed by atoms with Crippen LogP contribution in [0.25, 0.3) is 6.08 Å². The zero-order valence-electron chi connectivity index (χ0n) is 18.0. The molecular formula is C26H20BrClN2O3. The minimum absolute atomic E-state index is 0.137. The molecule has 0 saturated carbocycles. The van der Waals surface area contributed by atoms with Gasteiger partial charge in [-0.05, 0) is 72.0 Å². The molecule has 33 heavy (non-hydrogen) atoms. The van der Waals surface area contributed by atoms with Crippen LogP contribution in [0.4, 0.5) is 10.5 Å². The van der Waals surface area contributed by atoms with Gasteiger partial charge in [-0.25, -0.2) is 9.69 Å². The minimum Gasteiger partial charge on any atom is -0.273 e. The van der Waals surface area contributed by atoms with Crippen LogP contribution in [0, 0.1) is 13.8 Å². The van der Waals surface area contributed by atoms with E-state index in [4.69, 9.17) is 11.6 Å². The Morgan fingerprint density at radius 1 is 0.939 bits per heavy atom. The highest BCUT2D eigenvalue weighted by Crippen LogP contribution is 2.27. The van der Waals surface area contributed by atoms with Crippen molar-refractivity contribution in [1.82, 2.24) is 5.32 Å². The summed E-state index contributed by atoms with van der Waals surface area (Å²) >= 11 is 10.1. The zero-order chi connectivity index (χ0) is 23.7. The van der Waals surface area contributed by atoms with E-state index >= 15 is 0 Å². The van der Waals surface area contributed by atoms with Crippen molar-refractivity contribution in [2.75, 3.05) is 4.90 Å². The average molecular weight is 524 g/mol. The van der Waals surface area contributed by atoms with Gasteiger partial charge in [-0.1, -0.05) is 63.9 Å². The molecular weight excluding hydrogens is 504 g/mol. The molecule has 0 spiro atoms. The van der Waals surface area contributed by atoms with Crippen molar-refractivity contribution in [3.63, 3.8) is 0 Å². The van der Waals surface area contributed by atoms with E-state index in [1.165, 1.54) is 6.08 Å². The summed E-state index contributed by atoms with van der Waals surface area (Å²) in [6.45, 7) is 3.83. The molecule has 3 aromatic rings. The second-order valence-corrected chi connectivity index (χ2v) is 9.11. The molecule has 0 radical (unpaired) electrons. The Hall–Kier alpha value is -3.22. The third-order valence-corrected chi connectivity index (χ3v) is 6.70. The number of nitrogens with zero attached hydrogens (tertiary/aromatic N) is 1. The first-order chi connectivity index (χ1) is 15.7. The number of aryl methyl sites for hydroxylation is 2. The number of imide groups is 2. The third-order valence-electron chi connectivity index (χ3n) is 5.58. The van der Waals surface area contributed by atoms with Gasteiger partial charge in [-0.3, -0.25) is 14.9 Å². The lowest BCUT2D eigenvalue weighted by Crippen LogP contribution is -2.54. The minimum atomic E-state index is -0.771. The van der Waals surface area contributed by atoms with Crippen LogP contribution >= 0.6 is 27.5 Å². The number of rotatable bonds is 4. The van der Waals surface area contributed by atoms with Gasteiger partial charge in [-0.15, -0.1) is 0 Å². The number of hydrogen-bond acceptors (Lipinski definition) is 3. The van der Waals surface area contributed by atoms with Crippen molar-refractivity contribution in [2.45, 2.75) is 20.3 Å². The van der Waals surface area contributed by atoms with Gasteiger partial charge < -0.3 is 0 Å². The van der Waals surface area contributed by atoms with E-state index in [0.29, 0.717) is 22.7 Å². The normalized spacial score (nSPS) is 15.2. The molecule has 0 unspecified atom stereocenters. The van der Waals surface area contributed by atoms with E-state index in [2.05, 4.69) is 21.2 Å². The first-order valence-electron chi connectivity index (χ1n) is 10.2. The standard InChI is InChI=1S/C26H20BrClN2O3/c1-15-7-10-20(11-16(15)2)30-25(32)21(24(31)29-26(30)33)12-17-8-9-19(23(28)13-17)14-18-5-3-4-6-22(18)27/h3-13H,14H2,1-2H3,(H,29,31,33)/b21-12+. The molecule has 166 valence electrons. The highest BCUT2D eigenvalue weighted by Gasteiger charge is 2.36. The van der Waals surface area contributed by atoms with Crippen LogP contribution in [0.3, 0.4) is 0 Å². The van der Waals surface area contributed by atoms with Gasteiger partial charge in [0.25, 0.3) is 11.8 Å². The number of hydrogen-bond donors (Lipinski definition) is 1. The summed E-state index contributed by atoms with van der Waals surface area (Å²) in [6, 6.07) is 17.7. The number of anilines is 1. The highest BCUT2D eigenvalue weighted by molar-refractivity contribution is 9.10. The number of carbonyl (C=O) groups is 3. The van der Waals surface area contributed by atoms with Gasteiger partial charge in [0.1, 0.15) is 5.57 Å². The molecule has 4 amide bonds. The maximum absolute atomic E-state index is 13.1. The van der Waals surface area contributed by atoms with Crippen LogP contribution in [0.5, 0.6) is 0 Å². The van der Waals surface area contributed by atoms with Crippen molar-refractivity contribution in [3.8, 4) is 0 Å². The molecule has 1 fully saturated rings. The van der Waals surface area contributed by atoms with E-state index in [1.807, 2.05) is 50.2 Å². The van der Waals surface area contributed by atoms with Crippen molar-refractivity contribution in [1.29, 1.82) is 0 Å². The quantitative estimate of drug-likeness (QED) is 0.338. The monoisotopic (exact) mass is 522 g/mol. The molecule has 0 atom stereocenters. The summed E-state index contributed by atoms with van der Waals surface area (Å²) in [5.74, 6) is -1.42. The molecule has 0 aliphatic carbocycles. The summed E-state index contributed by atoms with van der Waals surface area (Å²) in [5.41, 5.74) is 4.83. The van der Waals surface area contributed by atoms with E-state index in [0.717, 1.165) is 31.6 Å². The predicted octanol–water partition coefficient (Wildman–Crippen LogP) is 5.98. The number of urea groups is 1. The van der Waals surface area contributed by atoms with Crippen LogP contribution < -0.4 is 10.2 Å². The Balaban J connectivity index is 1.64. The van der Waals surface area contributed by atoms with Crippen LogP contribution in [0.2, 0.25) is 5.02 Å². The second kappa shape index (κ2) is 9.33. The largest absolute Gasteiger partial charge is 0.335 e. The van der Waals surface area contributed by atoms with Gasteiger partial charge in [0.05, 0.1) is 5.69 Å². The molecule has 1 aliphatic heterocycles. The maximum Gasteiger partial charge on any atom is 0.335 e. The van der Waals surface area contributed by atoms with Gasteiger partial charge >= 0.3 is 6.03 Å². The fraction of sp³-hybridized carbons (Fsp3) is 0.115. The molecule has 4 rings (SSSR count). The summed E-state index contributed by atoms with van der Waals surface area (Å²) in [5, 5.41) is 2.77. The zero-order valence-corrected chi connectivity index (χ0v) is 20.3. The fourth-order valence-electron chi connectivity index (χ4n) is 3.57. The molecule has 5 nitrogen and oxygen atoms in total. The predicted molar refractivity (Wildman–Crippen MR) is 133 cm³/mol. The number of barbiturate groups is 1. The van der Waals surface area contributed by atoms with Gasteiger partial charge in [-0.2, -0.15) is 0 Å². The Morgan fingerprint density at radius 2 is 1.70 bits per heavy atom. The molecule has 7 heteroatoms. The number of nitrogens with one attached hydrogen (secondary N) is 1. The SMILES string of the molecule is Cc1ccc(N2C(=O)NC(=O)/C(=C\c3ccc(Cc4ccccc4Br)c(Cl)c3)C2=O)cc1C. The smallest absolute Gasteiger partial charge is 0.273 e. The lowest BCUT2D eigenvalue weighted by Gasteiger charge is -2.26. The maximum atomic E-state index is 13.1. The van der Waals surface area contributed by atoms with E-state index < -0.39 is 17.8 Å². The first-order valence-corrected chi connectivity index (χ1v) is 11.4. The van der Waals surface area contributed by atoms with Gasteiger partial charge in [0.2, 0.25) is 0 Å². The molecule has 3 aromatic carbocycles. The lowest BCUT2D eigenvalue weighted by atomic mass is 10.0. The van der Waals surface area contributed by atoms with Crippen molar-refractivity contribution in [3.05, 3.63) is 104 Å². The summed E-state index contributed by atoms with van der Waals surface area (Å²) in [7, 11) is 0. The Labute approximate surface area is 205 Å². The fourth-order valence-corrected chi connectivity index (χ4v) is 4.25. The Bertz CT molecular complexity index is 1330. The number of halogens is 2. The first kappa shape index (κ1) is 23.0. The Morgan fingerprint density at radius 3 is 2.39 bits per heavy atom. The summed E-state index contributed by atoms with van der Waals surface area (Å²) in [6.07, 6.45) is 2.08. The topological polar surface area (TPSA) is 66.5 Å². The molecule has 0 aromatic heterocycles. The van der Waals surface area contributed by atoms with E-state index in [-0.39, 0.29) is 5.57 Å². The lowest BCUT2D eigenvalue weighted by molar-refractivity contribution is -0.122. The molecule has 1 aliphatic rings. The van der Waals surface area contributed by atoms with Crippen molar-refractivity contribution in [2.24, 2.45) is 0 Å². The Kier molecular flexibility index (Phi) is 6.49. The van der Waals surface area contributed by atoms with Gasteiger partial charge in [0, 0.05) is 15.9 Å². The van der Waals surface area contributed by atoms with E-state index in [9.17, 15) is 14.4 Å². The number of carbonyl (C=O) groups excluding carboxylic acids is 3. The summed E-state index contributed by atoms with van der Waals surface area (Å²) in [4.78, 5) is 39.0. The van der Waals surface area contributed by atoms with Crippen LogP contribution in [-0.2, 0) is 16.0 Å². The van der Waals surface area contributed by atoms with Crippen LogP contribution in [0.1, 0.15) is 27.8 Å².